The van der Waals surface area contributed by atoms with Gasteiger partial charge in [0.15, 0.2) is 11.6 Å². The molecule has 21 heavy (non-hydrogen) atoms. The third-order valence-corrected chi connectivity index (χ3v) is 2.91. The fraction of sp³-hybridized carbons (Fsp3) is 0.533. The summed E-state index contributed by atoms with van der Waals surface area (Å²) in [6.07, 6.45) is 2.78. The minimum atomic E-state index is -1.20. The van der Waals surface area contributed by atoms with Crippen LogP contribution in [0.15, 0.2) is 12.1 Å². The first-order valence-corrected chi connectivity index (χ1v) is 6.99. The summed E-state index contributed by atoms with van der Waals surface area (Å²) in [6.45, 7) is 3.82. The summed E-state index contributed by atoms with van der Waals surface area (Å²) >= 11 is 0. The molecule has 0 atom stereocenters. The number of rotatable bonds is 9. The van der Waals surface area contributed by atoms with E-state index in [9.17, 15) is 13.6 Å². The van der Waals surface area contributed by atoms with Crippen LogP contribution in [0.4, 0.5) is 14.5 Å². The Hall–Kier alpha value is -1.69. The van der Waals surface area contributed by atoms with Gasteiger partial charge in [-0.05, 0) is 25.0 Å². The van der Waals surface area contributed by atoms with Crippen molar-refractivity contribution in [3.05, 3.63) is 29.3 Å². The van der Waals surface area contributed by atoms with E-state index < -0.39 is 23.2 Å². The Bertz CT molecular complexity index is 466. The third kappa shape index (κ3) is 5.30. The molecule has 0 radical (unpaired) electrons. The van der Waals surface area contributed by atoms with Crippen LogP contribution in [-0.2, 0) is 9.47 Å². The molecular weight excluding hydrogens is 280 g/mol. The van der Waals surface area contributed by atoms with Gasteiger partial charge in [-0.2, -0.15) is 0 Å². The van der Waals surface area contributed by atoms with Gasteiger partial charge >= 0.3 is 5.97 Å². The highest BCUT2D eigenvalue weighted by atomic mass is 19.2. The van der Waals surface area contributed by atoms with E-state index in [-0.39, 0.29) is 5.69 Å². The molecule has 0 amide bonds. The quantitative estimate of drug-likeness (QED) is 0.561. The van der Waals surface area contributed by atoms with Gasteiger partial charge in [-0.15, -0.1) is 0 Å². The summed E-state index contributed by atoms with van der Waals surface area (Å²) < 4.78 is 37.2. The van der Waals surface area contributed by atoms with Crippen molar-refractivity contribution in [2.24, 2.45) is 0 Å². The topological polar surface area (TPSA) is 47.6 Å². The summed E-state index contributed by atoms with van der Waals surface area (Å²) in [5.74, 6) is -3.18. The van der Waals surface area contributed by atoms with E-state index in [2.05, 4.69) is 17.0 Å². The molecule has 0 aliphatic heterocycles. The number of ether oxygens (including phenoxy) is 2. The molecule has 118 valence electrons. The lowest BCUT2D eigenvalue weighted by Crippen LogP contribution is -2.11. The summed E-state index contributed by atoms with van der Waals surface area (Å²) in [6, 6.07) is 2.52. The number of methoxy groups -OCH3 is 1. The number of hydrogen-bond donors (Lipinski definition) is 1. The molecule has 0 bridgehead atoms. The Balaban J connectivity index is 2.46. The van der Waals surface area contributed by atoms with E-state index in [1.54, 1.807) is 0 Å². The molecule has 1 aromatic carbocycles. The molecule has 1 N–H and O–H groups in total. The maximum atomic E-state index is 13.8. The highest BCUT2D eigenvalue weighted by molar-refractivity contribution is 5.90. The molecule has 0 unspecified atom stereocenters. The summed E-state index contributed by atoms with van der Waals surface area (Å²) in [7, 11) is 1.12. The average molecular weight is 301 g/mol. The van der Waals surface area contributed by atoms with Gasteiger partial charge in [0.05, 0.1) is 18.4 Å². The molecule has 0 aliphatic rings. The van der Waals surface area contributed by atoms with E-state index in [1.165, 1.54) is 12.1 Å². The molecule has 0 fully saturated rings. The van der Waals surface area contributed by atoms with Gasteiger partial charge in [0, 0.05) is 19.8 Å². The Morgan fingerprint density at radius 1 is 1.19 bits per heavy atom. The molecule has 0 aliphatic carbocycles. The van der Waals surface area contributed by atoms with Crippen molar-refractivity contribution in [1.29, 1.82) is 0 Å². The first-order chi connectivity index (χ1) is 10.1. The maximum Gasteiger partial charge on any atom is 0.340 e. The van der Waals surface area contributed by atoms with Gasteiger partial charge in [-0.3, -0.25) is 0 Å². The number of unbranched alkanes of at least 4 members (excludes halogenated alkanes) is 1. The number of benzene rings is 1. The highest BCUT2D eigenvalue weighted by Gasteiger charge is 2.18. The summed E-state index contributed by atoms with van der Waals surface area (Å²) in [5.41, 5.74) is -0.392. The van der Waals surface area contributed by atoms with Gasteiger partial charge in [-0.25, -0.2) is 13.6 Å². The normalized spacial score (nSPS) is 10.5. The first-order valence-electron chi connectivity index (χ1n) is 6.99. The van der Waals surface area contributed by atoms with Crippen molar-refractivity contribution >= 4 is 11.7 Å². The van der Waals surface area contributed by atoms with Gasteiger partial charge in [0.25, 0.3) is 0 Å². The molecule has 0 aromatic heterocycles. The van der Waals surface area contributed by atoms with Crippen LogP contribution < -0.4 is 5.32 Å². The van der Waals surface area contributed by atoms with Crippen molar-refractivity contribution in [1.82, 2.24) is 0 Å². The first kappa shape index (κ1) is 17.4. The van der Waals surface area contributed by atoms with E-state index in [1.807, 2.05) is 0 Å². The molecule has 6 heteroatoms. The van der Waals surface area contributed by atoms with Gasteiger partial charge < -0.3 is 14.8 Å². The fourth-order valence-corrected chi connectivity index (χ4v) is 1.70. The largest absolute Gasteiger partial charge is 0.465 e. The minimum Gasteiger partial charge on any atom is -0.465 e. The van der Waals surface area contributed by atoms with E-state index in [0.717, 1.165) is 20.0 Å². The van der Waals surface area contributed by atoms with Crippen molar-refractivity contribution in [2.75, 3.05) is 32.2 Å². The zero-order valence-corrected chi connectivity index (χ0v) is 12.4. The predicted molar refractivity (Wildman–Crippen MR) is 76.5 cm³/mol. The van der Waals surface area contributed by atoms with E-state index in [4.69, 9.17) is 4.74 Å². The lowest BCUT2D eigenvalue weighted by molar-refractivity contribution is 0.0594. The standard InChI is InChI=1S/C15H21F2NO3/c1-3-4-9-21-10-5-8-18-12-7-6-11(15(19)20-2)13(16)14(12)17/h6-7,18H,3-5,8-10H2,1-2H3. The Morgan fingerprint density at radius 2 is 1.90 bits per heavy atom. The summed E-state index contributed by atoms with van der Waals surface area (Å²) in [4.78, 5) is 11.2. The van der Waals surface area contributed by atoms with Crippen LogP contribution in [0.5, 0.6) is 0 Å². The van der Waals surface area contributed by atoms with Crippen LogP contribution in [0.2, 0.25) is 0 Å². The second-order valence-corrected chi connectivity index (χ2v) is 4.53. The molecule has 0 spiro atoms. The van der Waals surface area contributed by atoms with Crippen LogP contribution in [0.25, 0.3) is 0 Å². The SMILES string of the molecule is CCCCOCCCNc1ccc(C(=O)OC)c(F)c1F. The lowest BCUT2D eigenvalue weighted by Gasteiger charge is -2.10. The number of halogens is 2. The second kappa shape index (κ2) is 9.28. The van der Waals surface area contributed by atoms with E-state index >= 15 is 0 Å². The number of carbonyl (C=O) groups is 1. The molecule has 1 rings (SSSR count). The van der Waals surface area contributed by atoms with Crippen molar-refractivity contribution in [2.45, 2.75) is 26.2 Å². The van der Waals surface area contributed by atoms with Gasteiger partial charge in [0.2, 0.25) is 0 Å². The highest BCUT2D eigenvalue weighted by Crippen LogP contribution is 2.21. The summed E-state index contributed by atoms with van der Waals surface area (Å²) in [5, 5.41) is 2.78. The molecular formula is C15H21F2NO3. The van der Waals surface area contributed by atoms with E-state index in [0.29, 0.717) is 26.2 Å². The van der Waals surface area contributed by atoms with Crippen LogP contribution in [0, 0.1) is 11.6 Å². The molecule has 0 heterocycles. The number of hydrogen-bond acceptors (Lipinski definition) is 4. The molecule has 1 aromatic rings. The Morgan fingerprint density at radius 3 is 2.57 bits per heavy atom. The zero-order chi connectivity index (χ0) is 15.7. The third-order valence-electron chi connectivity index (χ3n) is 2.91. The van der Waals surface area contributed by atoms with Gasteiger partial charge in [0.1, 0.15) is 0 Å². The number of carbonyl (C=O) groups excluding carboxylic acids is 1. The van der Waals surface area contributed by atoms with Crippen molar-refractivity contribution in [3.8, 4) is 0 Å². The molecule has 0 saturated heterocycles. The van der Waals surface area contributed by atoms with Crippen LogP contribution in [0.3, 0.4) is 0 Å². The number of nitrogens with one attached hydrogen (secondary N) is 1. The maximum absolute atomic E-state index is 13.8. The molecule has 4 nitrogen and oxygen atoms in total. The van der Waals surface area contributed by atoms with Crippen molar-refractivity contribution in [3.63, 3.8) is 0 Å². The second-order valence-electron chi connectivity index (χ2n) is 4.53. The monoisotopic (exact) mass is 301 g/mol. The fourth-order valence-electron chi connectivity index (χ4n) is 1.70. The van der Waals surface area contributed by atoms with Crippen LogP contribution in [-0.4, -0.2) is 32.8 Å². The number of esters is 1. The van der Waals surface area contributed by atoms with Gasteiger partial charge in [-0.1, -0.05) is 13.3 Å². The minimum absolute atomic E-state index is 0.0220. The predicted octanol–water partition coefficient (Wildman–Crippen LogP) is 3.37. The Kier molecular flexibility index (Phi) is 7.68. The average Bonchev–Trinajstić information content (AvgIpc) is 2.49. The van der Waals surface area contributed by atoms with Crippen LogP contribution >= 0.6 is 0 Å². The molecule has 0 saturated carbocycles. The smallest absolute Gasteiger partial charge is 0.340 e. The number of anilines is 1. The van der Waals surface area contributed by atoms with Crippen LogP contribution in [0.1, 0.15) is 36.5 Å². The Labute approximate surface area is 123 Å². The lowest BCUT2D eigenvalue weighted by atomic mass is 10.2. The van der Waals surface area contributed by atoms with Crippen molar-refractivity contribution < 1.29 is 23.0 Å². The zero-order valence-electron chi connectivity index (χ0n) is 12.4.